The molecule has 0 bridgehead atoms. The Hall–Kier alpha value is -2.83. The molecule has 1 aromatic heterocycles. The van der Waals surface area contributed by atoms with Gasteiger partial charge in [-0.05, 0) is 30.2 Å². The van der Waals surface area contributed by atoms with Crippen LogP contribution in [-0.4, -0.2) is 34.5 Å². The van der Waals surface area contributed by atoms with E-state index in [1.54, 1.807) is 18.2 Å². The van der Waals surface area contributed by atoms with Crippen molar-refractivity contribution in [3.8, 4) is 5.75 Å². The van der Waals surface area contributed by atoms with Crippen LogP contribution in [0.15, 0.2) is 24.4 Å². The Kier molecular flexibility index (Phi) is 5.35. The van der Waals surface area contributed by atoms with Gasteiger partial charge in [0.2, 0.25) is 5.91 Å². The number of fused-ring (bicyclic) bond motifs is 1. The number of aromatic nitrogens is 1. The molecular formula is C16H18N2O5. The number of aliphatic carboxylic acids is 1. The van der Waals surface area contributed by atoms with Crippen molar-refractivity contribution in [3.05, 3.63) is 30.0 Å². The van der Waals surface area contributed by atoms with Gasteiger partial charge >= 0.3 is 11.9 Å². The second-order valence-corrected chi connectivity index (χ2v) is 5.12. The number of esters is 1. The minimum atomic E-state index is -1.04. The average molecular weight is 318 g/mol. The topological polar surface area (TPSA) is 108 Å². The van der Waals surface area contributed by atoms with Crippen molar-refractivity contribution >= 4 is 28.7 Å². The van der Waals surface area contributed by atoms with E-state index in [0.29, 0.717) is 18.7 Å². The molecule has 0 atom stereocenters. The summed E-state index contributed by atoms with van der Waals surface area (Å²) in [5.41, 5.74) is 1.89. The van der Waals surface area contributed by atoms with E-state index in [4.69, 9.17) is 9.84 Å². The first-order valence-corrected chi connectivity index (χ1v) is 7.22. The molecule has 7 heteroatoms. The van der Waals surface area contributed by atoms with Gasteiger partial charge in [0, 0.05) is 30.6 Å². The molecule has 1 amide bonds. The molecule has 7 nitrogen and oxygen atoms in total. The molecule has 2 rings (SSSR count). The smallest absolute Gasteiger partial charge is 0.311 e. The van der Waals surface area contributed by atoms with Crippen molar-refractivity contribution in [2.24, 2.45) is 0 Å². The fourth-order valence-electron chi connectivity index (χ4n) is 2.19. The van der Waals surface area contributed by atoms with E-state index in [1.807, 2.05) is 6.20 Å². The third kappa shape index (κ3) is 4.84. The first kappa shape index (κ1) is 16.5. The van der Waals surface area contributed by atoms with Gasteiger partial charge in [0.1, 0.15) is 5.75 Å². The van der Waals surface area contributed by atoms with Gasteiger partial charge < -0.3 is 20.1 Å². The number of amides is 1. The number of hydrogen-bond donors (Lipinski definition) is 3. The minimum Gasteiger partial charge on any atom is -0.481 e. The van der Waals surface area contributed by atoms with Crippen molar-refractivity contribution in [1.82, 2.24) is 10.3 Å². The van der Waals surface area contributed by atoms with Crippen LogP contribution in [0.5, 0.6) is 5.75 Å². The van der Waals surface area contributed by atoms with Crippen molar-refractivity contribution in [2.75, 3.05) is 6.54 Å². The van der Waals surface area contributed by atoms with Gasteiger partial charge in [-0.15, -0.1) is 0 Å². The summed E-state index contributed by atoms with van der Waals surface area (Å²) in [5.74, 6) is -1.34. The number of benzene rings is 1. The van der Waals surface area contributed by atoms with Crippen LogP contribution >= 0.6 is 0 Å². The zero-order chi connectivity index (χ0) is 16.8. The number of ether oxygens (including phenoxy) is 1. The van der Waals surface area contributed by atoms with Crippen molar-refractivity contribution < 1.29 is 24.2 Å². The highest BCUT2D eigenvalue weighted by atomic mass is 16.5. The van der Waals surface area contributed by atoms with Gasteiger partial charge in [0.15, 0.2) is 0 Å². The molecule has 2 aromatic rings. The third-order valence-electron chi connectivity index (χ3n) is 3.28. The molecule has 0 radical (unpaired) electrons. The Bertz CT molecular complexity index is 735. The number of rotatable bonds is 7. The number of carboxylic acid groups (broad SMARTS) is 1. The van der Waals surface area contributed by atoms with Crippen LogP contribution in [-0.2, 0) is 20.8 Å². The Morgan fingerprint density at radius 3 is 2.74 bits per heavy atom. The summed E-state index contributed by atoms with van der Waals surface area (Å²) in [7, 11) is 0. The first-order chi connectivity index (χ1) is 11.0. The van der Waals surface area contributed by atoms with E-state index in [-0.39, 0.29) is 18.7 Å². The Labute approximate surface area is 132 Å². The highest BCUT2D eigenvalue weighted by molar-refractivity contribution is 5.86. The van der Waals surface area contributed by atoms with E-state index in [2.05, 4.69) is 10.3 Å². The molecular weight excluding hydrogens is 300 g/mol. The van der Waals surface area contributed by atoms with Gasteiger partial charge in [-0.1, -0.05) is 0 Å². The number of nitrogens with one attached hydrogen (secondary N) is 2. The zero-order valence-corrected chi connectivity index (χ0v) is 12.7. The molecule has 0 saturated carbocycles. The SMILES string of the molecule is CC(=O)NCCc1c[nH]c2ccc(OC(=O)CCC(=O)O)cc12. The molecule has 3 N–H and O–H groups in total. The van der Waals surface area contributed by atoms with Crippen molar-refractivity contribution in [1.29, 1.82) is 0 Å². The summed E-state index contributed by atoms with van der Waals surface area (Å²) in [6.45, 7) is 1.98. The normalized spacial score (nSPS) is 10.5. The predicted molar refractivity (Wildman–Crippen MR) is 83.2 cm³/mol. The van der Waals surface area contributed by atoms with Crippen molar-refractivity contribution in [3.63, 3.8) is 0 Å². The van der Waals surface area contributed by atoms with Crippen LogP contribution in [0.2, 0.25) is 0 Å². The lowest BCUT2D eigenvalue weighted by atomic mass is 10.1. The number of carbonyl (C=O) groups is 3. The molecule has 122 valence electrons. The fourth-order valence-corrected chi connectivity index (χ4v) is 2.19. The van der Waals surface area contributed by atoms with Crippen LogP contribution in [0.1, 0.15) is 25.3 Å². The molecule has 0 aliphatic rings. The van der Waals surface area contributed by atoms with Crippen LogP contribution in [0, 0.1) is 0 Å². The number of carboxylic acids is 1. The van der Waals surface area contributed by atoms with Gasteiger partial charge in [0.25, 0.3) is 0 Å². The molecule has 23 heavy (non-hydrogen) atoms. The van der Waals surface area contributed by atoms with E-state index in [1.165, 1.54) is 6.92 Å². The monoisotopic (exact) mass is 318 g/mol. The second-order valence-electron chi connectivity index (χ2n) is 5.12. The maximum Gasteiger partial charge on any atom is 0.311 e. The van der Waals surface area contributed by atoms with E-state index in [0.717, 1.165) is 16.5 Å². The molecule has 0 fully saturated rings. The maximum atomic E-state index is 11.6. The largest absolute Gasteiger partial charge is 0.481 e. The summed E-state index contributed by atoms with van der Waals surface area (Å²) in [4.78, 5) is 36.0. The molecule has 1 heterocycles. The van der Waals surface area contributed by atoms with Crippen LogP contribution < -0.4 is 10.1 Å². The van der Waals surface area contributed by atoms with Gasteiger partial charge in [-0.3, -0.25) is 14.4 Å². The molecule has 0 aliphatic carbocycles. The third-order valence-corrected chi connectivity index (χ3v) is 3.28. The number of aromatic amines is 1. The number of hydrogen-bond acceptors (Lipinski definition) is 4. The van der Waals surface area contributed by atoms with Crippen LogP contribution in [0.3, 0.4) is 0 Å². The predicted octanol–water partition coefficient (Wildman–Crippen LogP) is 1.62. The molecule has 0 aliphatic heterocycles. The lowest BCUT2D eigenvalue weighted by molar-refractivity contribution is -0.142. The first-order valence-electron chi connectivity index (χ1n) is 7.22. The quantitative estimate of drug-likeness (QED) is 0.531. The Balaban J connectivity index is 2.06. The molecule has 0 unspecified atom stereocenters. The van der Waals surface area contributed by atoms with Gasteiger partial charge in [0.05, 0.1) is 12.8 Å². The van der Waals surface area contributed by atoms with Crippen molar-refractivity contribution in [2.45, 2.75) is 26.2 Å². The lowest BCUT2D eigenvalue weighted by Crippen LogP contribution is -2.22. The average Bonchev–Trinajstić information content (AvgIpc) is 2.87. The second kappa shape index (κ2) is 7.44. The Morgan fingerprint density at radius 1 is 1.26 bits per heavy atom. The highest BCUT2D eigenvalue weighted by Gasteiger charge is 2.10. The fraction of sp³-hybridized carbons (Fsp3) is 0.312. The van der Waals surface area contributed by atoms with Crippen LogP contribution in [0.25, 0.3) is 10.9 Å². The summed E-state index contributed by atoms with van der Waals surface area (Å²) in [6.07, 6.45) is 2.07. The van der Waals surface area contributed by atoms with E-state index in [9.17, 15) is 14.4 Å². The summed E-state index contributed by atoms with van der Waals surface area (Å²) in [6, 6.07) is 5.17. The number of carbonyl (C=O) groups excluding carboxylic acids is 2. The van der Waals surface area contributed by atoms with Crippen LogP contribution in [0.4, 0.5) is 0 Å². The maximum absolute atomic E-state index is 11.6. The van der Waals surface area contributed by atoms with Gasteiger partial charge in [-0.2, -0.15) is 0 Å². The zero-order valence-electron chi connectivity index (χ0n) is 12.7. The minimum absolute atomic E-state index is 0.0853. The lowest BCUT2D eigenvalue weighted by Gasteiger charge is -2.05. The molecule has 1 aromatic carbocycles. The summed E-state index contributed by atoms with van der Waals surface area (Å²) < 4.78 is 5.15. The van der Waals surface area contributed by atoms with E-state index >= 15 is 0 Å². The van der Waals surface area contributed by atoms with Gasteiger partial charge in [-0.25, -0.2) is 0 Å². The molecule has 0 spiro atoms. The van der Waals surface area contributed by atoms with E-state index < -0.39 is 11.9 Å². The highest BCUT2D eigenvalue weighted by Crippen LogP contribution is 2.24. The Morgan fingerprint density at radius 2 is 2.04 bits per heavy atom. The summed E-state index contributed by atoms with van der Waals surface area (Å²) >= 11 is 0. The number of H-pyrrole nitrogens is 1. The standard InChI is InChI=1S/C16H18N2O5/c1-10(19)17-7-6-11-9-18-14-3-2-12(8-13(11)14)23-16(22)5-4-15(20)21/h2-3,8-9,18H,4-7H2,1H3,(H,17,19)(H,20,21). The molecule has 0 saturated heterocycles. The summed E-state index contributed by atoms with van der Waals surface area (Å²) in [5, 5.41) is 12.2.